The molecule has 7 heteroatoms. The third-order valence-electron chi connectivity index (χ3n) is 4.66. The normalized spacial score (nSPS) is 14.9. The number of carbonyl (C=O) groups excluding carboxylic acids is 1. The molecule has 3 aromatic heterocycles. The molecule has 26 heavy (non-hydrogen) atoms. The smallest absolute Gasteiger partial charge is 0.255 e. The van der Waals surface area contributed by atoms with Crippen molar-refractivity contribution in [3.05, 3.63) is 29.2 Å². The summed E-state index contributed by atoms with van der Waals surface area (Å²) in [6.45, 7) is 5.86. The van der Waals surface area contributed by atoms with E-state index in [1.807, 2.05) is 20.8 Å². The van der Waals surface area contributed by atoms with Gasteiger partial charge >= 0.3 is 0 Å². The van der Waals surface area contributed by atoms with Crippen LogP contribution in [0.5, 0.6) is 0 Å². The zero-order valence-corrected chi connectivity index (χ0v) is 15.4. The van der Waals surface area contributed by atoms with Crippen LogP contribution in [0.25, 0.3) is 22.6 Å². The van der Waals surface area contributed by atoms with Gasteiger partial charge < -0.3 is 10.3 Å². The average Bonchev–Trinajstić information content (AvgIpc) is 3.10. The van der Waals surface area contributed by atoms with Crippen LogP contribution in [0.15, 0.2) is 12.4 Å². The van der Waals surface area contributed by atoms with Gasteiger partial charge in [0.2, 0.25) is 0 Å². The Kier molecular flexibility index (Phi) is 4.01. The molecule has 0 saturated heterocycles. The zero-order chi connectivity index (χ0) is 18.3. The van der Waals surface area contributed by atoms with Gasteiger partial charge in [0.1, 0.15) is 16.9 Å². The van der Waals surface area contributed by atoms with E-state index in [2.05, 4.69) is 25.5 Å². The lowest BCUT2D eigenvalue weighted by Gasteiger charge is -2.19. The molecule has 0 spiro atoms. The SMILES string of the molecule is CC(C)(C)NC(=O)c1c[nH]c2ncc(-c3n[nH]c4c3CCCCC4)nc12. The molecule has 1 amide bonds. The van der Waals surface area contributed by atoms with Crippen LogP contribution in [0.3, 0.4) is 0 Å². The fourth-order valence-corrected chi connectivity index (χ4v) is 3.46. The molecular formula is C19H24N6O. The van der Waals surface area contributed by atoms with Gasteiger partial charge in [-0.2, -0.15) is 5.10 Å². The van der Waals surface area contributed by atoms with Crippen LogP contribution in [0.2, 0.25) is 0 Å². The van der Waals surface area contributed by atoms with Gasteiger partial charge in [0.15, 0.2) is 5.65 Å². The van der Waals surface area contributed by atoms with Crippen LogP contribution >= 0.6 is 0 Å². The Labute approximate surface area is 152 Å². The second-order valence-electron chi connectivity index (χ2n) is 7.95. The van der Waals surface area contributed by atoms with Crippen molar-refractivity contribution in [2.45, 2.75) is 58.4 Å². The van der Waals surface area contributed by atoms with E-state index < -0.39 is 0 Å². The molecule has 0 fully saturated rings. The maximum atomic E-state index is 12.6. The van der Waals surface area contributed by atoms with Crippen molar-refractivity contribution in [1.82, 2.24) is 30.5 Å². The predicted octanol–water partition coefficient (Wildman–Crippen LogP) is 3.15. The number of aryl methyl sites for hydroxylation is 1. The van der Waals surface area contributed by atoms with Crippen molar-refractivity contribution >= 4 is 17.1 Å². The van der Waals surface area contributed by atoms with Crippen molar-refractivity contribution in [2.75, 3.05) is 0 Å². The van der Waals surface area contributed by atoms with E-state index in [4.69, 9.17) is 4.98 Å². The molecular weight excluding hydrogens is 328 g/mol. The van der Waals surface area contributed by atoms with Gasteiger partial charge in [0.25, 0.3) is 5.91 Å². The minimum Gasteiger partial charge on any atom is -0.347 e. The number of rotatable bonds is 2. The third-order valence-corrected chi connectivity index (χ3v) is 4.66. The molecule has 136 valence electrons. The number of hydrogen-bond donors (Lipinski definition) is 3. The summed E-state index contributed by atoms with van der Waals surface area (Å²) in [5.41, 5.74) is 5.40. The summed E-state index contributed by atoms with van der Waals surface area (Å²) < 4.78 is 0. The number of amides is 1. The number of nitrogens with one attached hydrogen (secondary N) is 3. The Morgan fingerprint density at radius 1 is 1.19 bits per heavy atom. The maximum Gasteiger partial charge on any atom is 0.255 e. The van der Waals surface area contributed by atoms with Gasteiger partial charge in [0, 0.05) is 23.0 Å². The number of H-pyrrole nitrogens is 2. The Morgan fingerprint density at radius 3 is 2.81 bits per heavy atom. The highest BCUT2D eigenvalue weighted by Crippen LogP contribution is 2.28. The summed E-state index contributed by atoms with van der Waals surface area (Å²) in [5.74, 6) is -0.156. The molecule has 3 aromatic rings. The van der Waals surface area contributed by atoms with Gasteiger partial charge in [-0.05, 0) is 46.5 Å². The van der Waals surface area contributed by atoms with Gasteiger partial charge in [-0.25, -0.2) is 9.97 Å². The Hall–Kier alpha value is -2.70. The second-order valence-corrected chi connectivity index (χ2v) is 7.95. The quantitative estimate of drug-likeness (QED) is 0.617. The molecule has 0 aliphatic heterocycles. The Bertz CT molecular complexity index is 962. The van der Waals surface area contributed by atoms with E-state index in [-0.39, 0.29) is 11.4 Å². The van der Waals surface area contributed by atoms with Crippen molar-refractivity contribution in [3.63, 3.8) is 0 Å². The van der Waals surface area contributed by atoms with Gasteiger partial charge in [-0.3, -0.25) is 9.89 Å². The Morgan fingerprint density at radius 2 is 2.00 bits per heavy atom. The average molecular weight is 352 g/mol. The topological polar surface area (TPSA) is 99.4 Å². The molecule has 0 unspecified atom stereocenters. The fraction of sp³-hybridized carbons (Fsp3) is 0.474. The number of hydrogen-bond acceptors (Lipinski definition) is 4. The first-order chi connectivity index (χ1) is 12.4. The van der Waals surface area contributed by atoms with E-state index in [0.717, 1.165) is 18.5 Å². The molecule has 0 radical (unpaired) electrons. The molecule has 0 aromatic carbocycles. The number of nitrogens with zero attached hydrogens (tertiary/aromatic N) is 3. The lowest BCUT2D eigenvalue weighted by molar-refractivity contribution is 0.0921. The highest BCUT2D eigenvalue weighted by molar-refractivity contribution is 6.05. The Balaban J connectivity index is 1.75. The lowest BCUT2D eigenvalue weighted by atomic mass is 10.1. The summed E-state index contributed by atoms with van der Waals surface area (Å²) >= 11 is 0. The minimum absolute atomic E-state index is 0.156. The van der Waals surface area contributed by atoms with Crippen molar-refractivity contribution in [1.29, 1.82) is 0 Å². The maximum absolute atomic E-state index is 12.6. The third kappa shape index (κ3) is 3.09. The molecule has 1 aliphatic rings. The van der Waals surface area contributed by atoms with Crippen molar-refractivity contribution in [2.24, 2.45) is 0 Å². The standard InChI is InChI=1S/C19H24N6O/c1-19(2,3)23-18(26)12-9-20-17-16(12)22-14(10-21-17)15-11-7-5-4-6-8-13(11)24-25-15/h9-10H,4-8H2,1-3H3,(H,20,21)(H,23,26)(H,24,25). The van der Waals surface area contributed by atoms with E-state index in [1.54, 1.807) is 12.4 Å². The first kappa shape index (κ1) is 16.8. The van der Waals surface area contributed by atoms with Gasteiger partial charge in [0.05, 0.1) is 11.8 Å². The van der Waals surface area contributed by atoms with Crippen LogP contribution in [0, 0.1) is 0 Å². The van der Waals surface area contributed by atoms with Crippen LogP contribution in [0.1, 0.15) is 61.6 Å². The first-order valence-corrected chi connectivity index (χ1v) is 9.15. The predicted molar refractivity (Wildman–Crippen MR) is 99.9 cm³/mol. The van der Waals surface area contributed by atoms with E-state index in [0.29, 0.717) is 22.4 Å². The van der Waals surface area contributed by atoms with Crippen molar-refractivity contribution < 1.29 is 4.79 Å². The van der Waals surface area contributed by atoms with Crippen LogP contribution in [-0.2, 0) is 12.8 Å². The molecule has 3 heterocycles. The number of carbonyl (C=O) groups is 1. The van der Waals surface area contributed by atoms with Crippen LogP contribution in [-0.4, -0.2) is 36.6 Å². The summed E-state index contributed by atoms with van der Waals surface area (Å²) in [4.78, 5) is 24.8. The van der Waals surface area contributed by atoms with Gasteiger partial charge in [-0.1, -0.05) is 6.42 Å². The molecule has 1 aliphatic carbocycles. The molecule has 7 nitrogen and oxygen atoms in total. The van der Waals surface area contributed by atoms with E-state index in [1.165, 1.54) is 30.5 Å². The number of aromatic amines is 2. The molecule has 0 saturated carbocycles. The van der Waals surface area contributed by atoms with Crippen LogP contribution < -0.4 is 5.32 Å². The zero-order valence-electron chi connectivity index (χ0n) is 15.4. The van der Waals surface area contributed by atoms with Gasteiger partial charge in [-0.15, -0.1) is 0 Å². The summed E-state index contributed by atoms with van der Waals surface area (Å²) in [5, 5.41) is 10.6. The van der Waals surface area contributed by atoms with Crippen LogP contribution in [0.4, 0.5) is 0 Å². The van der Waals surface area contributed by atoms with Crippen molar-refractivity contribution in [3.8, 4) is 11.4 Å². The molecule has 4 rings (SSSR count). The number of fused-ring (bicyclic) bond motifs is 2. The monoisotopic (exact) mass is 352 g/mol. The molecule has 0 bridgehead atoms. The molecule has 3 N–H and O–H groups in total. The summed E-state index contributed by atoms with van der Waals surface area (Å²) in [6.07, 6.45) is 9.02. The summed E-state index contributed by atoms with van der Waals surface area (Å²) in [6, 6.07) is 0. The lowest BCUT2D eigenvalue weighted by Crippen LogP contribution is -2.40. The highest BCUT2D eigenvalue weighted by Gasteiger charge is 2.22. The summed E-state index contributed by atoms with van der Waals surface area (Å²) in [7, 11) is 0. The molecule has 0 atom stereocenters. The second kappa shape index (κ2) is 6.23. The number of aromatic nitrogens is 5. The van der Waals surface area contributed by atoms with E-state index >= 15 is 0 Å². The largest absolute Gasteiger partial charge is 0.347 e. The first-order valence-electron chi connectivity index (χ1n) is 9.15. The van der Waals surface area contributed by atoms with E-state index in [9.17, 15) is 4.79 Å². The minimum atomic E-state index is -0.314. The highest BCUT2D eigenvalue weighted by atomic mass is 16.1. The fourth-order valence-electron chi connectivity index (χ4n) is 3.46.